The van der Waals surface area contributed by atoms with Crippen molar-refractivity contribution in [3.8, 4) is 0 Å². The van der Waals surface area contributed by atoms with Gasteiger partial charge in [0.05, 0.1) is 11.3 Å². The van der Waals surface area contributed by atoms with Crippen LogP contribution in [0.1, 0.15) is 22.8 Å². The van der Waals surface area contributed by atoms with Crippen LogP contribution < -0.4 is 16.0 Å². The van der Waals surface area contributed by atoms with Gasteiger partial charge in [0.2, 0.25) is 0 Å². The number of para-hydroxylation sites is 1. The molecular formula is C13H19N3O. The minimum Gasteiger partial charge on any atom is -0.368 e. The number of hydrogen-bond acceptors (Lipinski definition) is 3. The molecule has 4 heteroatoms. The largest absolute Gasteiger partial charge is 0.368 e. The Morgan fingerprint density at radius 3 is 2.71 bits per heavy atom. The second kappa shape index (κ2) is 5.19. The minimum absolute atomic E-state index is 0.339. The van der Waals surface area contributed by atoms with Crippen LogP contribution >= 0.6 is 0 Å². The number of anilines is 1. The van der Waals surface area contributed by atoms with Crippen molar-refractivity contribution in [2.24, 2.45) is 5.73 Å². The molecule has 92 valence electrons. The zero-order valence-corrected chi connectivity index (χ0v) is 10.2. The lowest BCUT2D eigenvalue weighted by Gasteiger charge is -2.32. The highest BCUT2D eigenvalue weighted by Crippen LogP contribution is 2.26. The maximum absolute atomic E-state index is 11.5. The minimum atomic E-state index is -0.339. The van der Waals surface area contributed by atoms with E-state index in [1.165, 1.54) is 5.56 Å². The van der Waals surface area contributed by atoms with Gasteiger partial charge in [-0.3, -0.25) is 4.79 Å². The number of rotatable bonds is 3. The van der Waals surface area contributed by atoms with Crippen LogP contribution in [0.25, 0.3) is 0 Å². The summed E-state index contributed by atoms with van der Waals surface area (Å²) in [7, 11) is 0. The molecule has 1 aromatic rings. The quantitative estimate of drug-likeness (QED) is 0.810. The first-order valence-electron chi connectivity index (χ1n) is 6.11. The number of nitrogens with two attached hydrogens (primary N) is 1. The van der Waals surface area contributed by atoms with E-state index in [1.54, 1.807) is 0 Å². The highest BCUT2D eigenvalue weighted by molar-refractivity contribution is 5.99. The lowest BCUT2D eigenvalue weighted by Crippen LogP contribution is -2.44. The number of benzene rings is 1. The smallest absolute Gasteiger partial charge is 0.250 e. The molecule has 4 nitrogen and oxygen atoms in total. The van der Waals surface area contributed by atoms with Crippen molar-refractivity contribution < 1.29 is 4.79 Å². The van der Waals surface area contributed by atoms with Crippen molar-refractivity contribution in [1.29, 1.82) is 0 Å². The van der Waals surface area contributed by atoms with Gasteiger partial charge in [-0.2, -0.15) is 0 Å². The molecule has 2 rings (SSSR count). The molecule has 1 aliphatic rings. The average molecular weight is 233 g/mol. The van der Waals surface area contributed by atoms with Gasteiger partial charge >= 0.3 is 0 Å². The summed E-state index contributed by atoms with van der Waals surface area (Å²) in [6.45, 7) is 5.87. The van der Waals surface area contributed by atoms with Crippen LogP contribution in [0.2, 0.25) is 0 Å². The lowest BCUT2D eigenvalue weighted by atomic mass is 10.0. The predicted octanol–water partition coefficient (Wildman–Crippen LogP) is 0.757. The van der Waals surface area contributed by atoms with Gasteiger partial charge in [-0.05, 0) is 18.1 Å². The maximum atomic E-state index is 11.5. The zero-order chi connectivity index (χ0) is 12.3. The molecule has 0 atom stereocenters. The number of nitrogens with one attached hydrogen (secondary N) is 1. The Kier molecular flexibility index (Phi) is 3.64. The molecule has 1 fully saturated rings. The number of hydrogen-bond donors (Lipinski definition) is 2. The van der Waals surface area contributed by atoms with Crippen LogP contribution in [-0.4, -0.2) is 32.1 Å². The highest BCUT2D eigenvalue weighted by atomic mass is 16.1. The van der Waals surface area contributed by atoms with Crippen molar-refractivity contribution in [1.82, 2.24) is 5.32 Å². The SMILES string of the molecule is CCc1cccc(C(N)=O)c1N1CCNCC1. The first kappa shape index (κ1) is 11.9. The summed E-state index contributed by atoms with van der Waals surface area (Å²) in [5.74, 6) is -0.339. The number of amides is 1. The fourth-order valence-electron chi connectivity index (χ4n) is 2.34. The summed E-state index contributed by atoms with van der Waals surface area (Å²) >= 11 is 0. The molecule has 0 aliphatic carbocycles. The number of aryl methyl sites for hydroxylation is 1. The number of carbonyl (C=O) groups is 1. The van der Waals surface area contributed by atoms with Crippen LogP contribution in [0.3, 0.4) is 0 Å². The Hall–Kier alpha value is -1.55. The van der Waals surface area contributed by atoms with Gasteiger partial charge < -0.3 is 16.0 Å². The van der Waals surface area contributed by atoms with E-state index in [4.69, 9.17) is 5.73 Å². The Bertz CT molecular complexity index is 411. The maximum Gasteiger partial charge on any atom is 0.250 e. The summed E-state index contributed by atoms with van der Waals surface area (Å²) in [5, 5.41) is 3.31. The van der Waals surface area contributed by atoms with Crippen molar-refractivity contribution in [2.75, 3.05) is 31.1 Å². The first-order chi connectivity index (χ1) is 8.24. The lowest BCUT2D eigenvalue weighted by molar-refractivity contribution is 0.100. The topological polar surface area (TPSA) is 58.4 Å². The van der Waals surface area contributed by atoms with Crippen molar-refractivity contribution in [3.05, 3.63) is 29.3 Å². The fourth-order valence-corrected chi connectivity index (χ4v) is 2.34. The molecule has 1 saturated heterocycles. The molecule has 0 aromatic heterocycles. The summed E-state index contributed by atoms with van der Waals surface area (Å²) in [4.78, 5) is 13.8. The van der Waals surface area contributed by atoms with E-state index in [2.05, 4.69) is 23.2 Å². The molecule has 3 N–H and O–H groups in total. The predicted molar refractivity (Wildman–Crippen MR) is 69.4 cm³/mol. The van der Waals surface area contributed by atoms with Gasteiger partial charge in [-0.1, -0.05) is 19.1 Å². The van der Waals surface area contributed by atoms with Crippen molar-refractivity contribution in [3.63, 3.8) is 0 Å². The van der Waals surface area contributed by atoms with Crippen LogP contribution in [0.5, 0.6) is 0 Å². The fraction of sp³-hybridized carbons (Fsp3) is 0.462. The van der Waals surface area contributed by atoms with E-state index in [9.17, 15) is 4.79 Å². The van der Waals surface area contributed by atoms with E-state index >= 15 is 0 Å². The van der Waals surface area contributed by atoms with Crippen LogP contribution in [-0.2, 0) is 6.42 Å². The molecule has 1 amide bonds. The monoisotopic (exact) mass is 233 g/mol. The Labute approximate surface area is 102 Å². The third-order valence-corrected chi connectivity index (χ3v) is 3.20. The van der Waals surface area contributed by atoms with Crippen molar-refractivity contribution >= 4 is 11.6 Å². The summed E-state index contributed by atoms with van der Waals surface area (Å²) in [6, 6.07) is 5.80. The molecule has 0 saturated carbocycles. The van der Waals surface area contributed by atoms with Gasteiger partial charge in [-0.15, -0.1) is 0 Å². The number of piperazine rings is 1. The summed E-state index contributed by atoms with van der Waals surface area (Å²) in [6.07, 6.45) is 0.917. The van der Waals surface area contributed by atoms with Gasteiger partial charge in [-0.25, -0.2) is 0 Å². The van der Waals surface area contributed by atoms with E-state index in [-0.39, 0.29) is 5.91 Å². The molecule has 0 radical (unpaired) electrons. The second-order valence-corrected chi connectivity index (χ2v) is 4.27. The molecule has 0 unspecified atom stereocenters. The highest BCUT2D eigenvalue weighted by Gasteiger charge is 2.19. The Morgan fingerprint density at radius 1 is 1.41 bits per heavy atom. The van der Waals surface area contributed by atoms with Gasteiger partial charge in [0, 0.05) is 26.2 Å². The molecule has 0 spiro atoms. The average Bonchev–Trinajstić information content (AvgIpc) is 2.38. The molecular weight excluding hydrogens is 214 g/mol. The molecule has 1 aromatic carbocycles. The Balaban J connectivity index is 2.43. The Morgan fingerprint density at radius 2 is 2.12 bits per heavy atom. The molecule has 1 aliphatic heterocycles. The zero-order valence-electron chi connectivity index (χ0n) is 10.2. The van der Waals surface area contributed by atoms with Gasteiger partial charge in [0.25, 0.3) is 5.91 Å². The van der Waals surface area contributed by atoms with E-state index < -0.39 is 0 Å². The van der Waals surface area contributed by atoms with Crippen LogP contribution in [0, 0.1) is 0 Å². The number of nitrogens with zero attached hydrogens (tertiary/aromatic N) is 1. The molecule has 0 bridgehead atoms. The second-order valence-electron chi connectivity index (χ2n) is 4.27. The van der Waals surface area contributed by atoms with E-state index in [1.807, 2.05) is 12.1 Å². The van der Waals surface area contributed by atoms with E-state index in [0.717, 1.165) is 38.3 Å². The first-order valence-corrected chi connectivity index (χ1v) is 6.11. The van der Waals surface area contributed by atoms with Crippen molar-refractivity contribution in [2.45, 2.75) is 13.3 Å². The number of carbonyl (C=O) groups excluding carboxylic acids is 1. The van der Waals surface area contributed by atoms with Gasteiger partial charge in [0.1, 0.15) is 0 Å². The molecule has 1 heterocycles. The summed E-state index contributed by atoms with van der Waals surface area (Å²) in [5.41, 5.74) is 8.34. The standard InChI is InChI=1S/C13H19N3O/c1-2-10-4-3-5-11(13(14)17)12(10)16-8-6-15-7-9-16/h3-5,15H,2,6-9H2,1H3,(H2,14,17). The van der Waals surface area contributed by atoms with Crippen LogP contribution in [0.4, 0.5) is 5.69 Å². The number of primary amides is 1. The normalized spacial score (nSPS) is 15.9. The summed E-state index contributed by atoms with van der Waals surface area (Å²) < 4.78 is 0. The van der Waals surface area contributed by atoms with Gasteiger partial charge in [0.15, 0.2) is 0 Å². The molecule has 17 heavy (non-hydrogen) atoms. The third kappa shape index (κ3) is 2.42. The third-order valence-electron chi connectivity index (χ3n) is 3.20. The van der Waals surface area contributed by atoms with E-state index in [0.29, 0.717) is 5.56 Å². The van der Waals surface area contributed by atoms with Crippen LogP contribution in [0.15, 0.2) is 18.2 Å².